The molecule has 0 unspecified atom stereocenters. The lowest BCUT2D eigenvalue weighted by molar-refractivity contribution is -0.276. The molecule has 0 aliphatic rings. The number of nitrogens with zero attached hydrogens (tertiary/aromatic N) is 1. The van der Waals surface area contributed by atoms with Crippen LogP contribution in [0.15, 0.2) is 10.7 Å². The van der Waals surface area contributed by atoms with Crippen molar-refractivity contribution in [3.8, 4) is 5.88 Å². The van der Waals surface area contributed by atoms with Crippen LogP contribution in [0, 0.1) is 0 Å². The van der Waals surface area contributed by atoms with Crippen molar-refractivity contribution in [3.05, 3.63) is 21.8 Å². The van der Waals surface area contributed by atoms with E-state index in [1.54, 1.807) is 0 Å². The molecule has 0 fully saturated rings. The van der Waals surface area contributed by atoms with Crippen LogP contribution >= 0.6 is 15.9 Å². The molecule has 1 aromatic rings. The van der Waals surface area contributed by atoms with Crippen molar-refractivity contribution in [3.63, 3.8) is 0 Å². The average Bonchev–Trinajstić information content (AvgIpc) is 2.12. The molecule has 0 aliphatic carbocycles. The third-order valence-electron chi connectivity index (χ3n) is 1.73. The van der Waals surface area contributed by atoms with Gasteiger partial charge in [-0.1, -0.05) is 0 Å². The standard InChI is InChI=1S/C8H6BrF5N2O/c9-6-5(7(10)11)3(2-15)1-4(16-6)17-8(12,13)14/h1,7H,2,15H2. The lowest BCUT2D eigenvalue weighted by Crippen LogP contribution is -2.18. The third kappa shape index (κ3) is 3.77. The molecule has 0 bridgehead atoms. The van der Waals surface area contributed by atoms with Crippen molar-refractivity contribution < 1.29 is 26.7 Å². The topological polar surface area (TPSA) is 48.1 Å². The number of nitrogens with two attached hydrogens (primary N) is 1. The van der Waals surface area contributed by atoms with E-state index in [0.717, 1.165) is 6.07 Å². The van der Waals surface area contributed by atoms with Crippen molar-refractivity contribution >= 4 is 15.9 Å². The maximum atomic E-state index is 12.6. The van der Waals surface area contributed by atoms with Gasteiger partial charge in [-0.2, -0.15) is 0 Å². The van der Waals surface area contributed by atoms with E-state index < -0.39 is 28.8 Å². The van der Waals surface area contributed by atoms with Crippen molar-refractivity contribution in [1.29, 1.82) is 0 Å². The summed E-state index contributed by atoms with van der Waals surface area (Å²) in [7, 11) is 0. The smallest absolute Gasteiger partial charge is 0.388 e. The Morgan fingerprint density at radius 1 is 1.41 bits per heavy atom. The highest BCUT2D eigenvalue weighted by Gasteiger charge is 2.32. The average molecular weight is 321 g/mol. The summed E-state index contributed by atoms with van der Waals surface area (Å²) in [6.07, 6.45) is -7.83. The normalized spacial score (nSPS) is 12.0. The molecule has 0 radical (unpaired) electrons. The van der Waals surface area contributed by atoms with Gasteiger partial charge in [0.05, 0.1) is 5.56 Å². The van der Waals surface area contributed by atoms with Crippen LogP contribution in [0.3, 0.4) is 0 Å². The molecule has 0 saturated carbocycles. The van der Waals surface area contributed by atoms with Crippen LogP contribution in [0.4, 0.5) is 22.0 Å². The second kappa shape index (κ2) is 5.13. The van der Waals surface area contributed by atoms with E-state index >= 15 is 0 Å². The first-order valence-electron chi connectivity index (χ1n) is 4.18. The number of pyridine rings is 1. The van der Waals surface area contributed by atoms with Crippen LogP contribution in [-0.4, -0.2) is 11.3 Å². The first-order valence-corrected chi connectivity index (χ1v) is 4.97. The predicted molar refractivity (Wildman–Crippen MR) is 51.5 cm³/mol. The van der Waals surface area contributed by atoms with Gasteiger partial charge in [-0.15, -0.1) is 13.2 Å². The van der Waals surface area contributed by atoms with Gasteiger partial charge in [0.15, 0.2) is 0 Å². The highest BCUT2D eigenvalue weighted by molar-refractivity contribution is 9.10. The van der Waals surface area contributed by atoms with Crippen LogP contribution in [0.2, 0.25) is 0 Å². The van der Waals surface area contributed by atoms with E-state index in [0.29, 0.717) is 0 Å². The molecule has 0 aromatic carbocycles. The van der Waals surface area contributed by atoms with Gasteiger partial charge in [0.25, 0.3) is 6.43 Å². The molecule has 0 atom stereocenters. The Morgan fingerprint density at radius 2 is 2.00 bits per heavy atom. The molecular formula is C8H6BrF5N2O. The minimum Gasteiger partial charge on any atom is -0.388 e. The van der Waals surface area contributed by atoms with Gasteiger partial charge in [0.2, 0.25) is 5.88 Å². The zero-order chi connectivity index (χ0) is 13.2. The van der Waals surface area contributed by atoms with Crippen LogP contribution in [-0.2, 0) is 6.54 Å². The van der Waals surface area contributed by atoms with Crippen LogP contribution < -0.4 is 10.5 Å². The number of hydrogen-bond donors (Lipinski definition) is 1. The van der Waals surface area contributed by atoms with E-state index in [-0.39, 0.29) is 12.1 Å². The minimum atomic E-state index is -4.94. The van der Waals surface area contributed by atoms with E-state index in [1.165, 1.54) is 0 Å². The molecule has 1 heterocycles. The summed E-state index contributed by atoms with van der Waals surface area (Å²) < 4.78 is 63.9. The Kier molecular flexibility index (Phi) is 4.26. The van der Waals surface area contributed by atoms with Crippen molar-refractivity contribution in [2.24, 2.45) is 5.73 Å². The fraction of sp³-hybridized carbons (Fsp3) is 0.375. The van der Waals surface area contributed by atoms with Gasteiger partial charge in [-0.3, -0.25) is 0 Å². The highest BCUT2D eigenvalue weighted by Crippen LogP contribution is 2.33. The molecule has 9 heteroatoms. The van der Waals surface area contributed by atoms with E-state index in [4.69, 9.17) is 5.73 Å². The largest absolute Gasteiger partial charge is 0.574 e. The number of aromatic nitrogens is 1. The Hall–Kier alpha value is -0.960. The van der Waals surface area contributed by atoms with Gasteiger partial charge in [-0.25, -0.2) is 13.8 Å². The van der Waals surface area contributed by atoms with Crippen LogP contribution in [0.5, 0.6) is 5.88 Å². The summed E-state index contributed by atoms with van der Waals surface area (Å²) >= 11 is 2.65. The van der Waals surface area contributed by atoms with Gasteiger partial charge < -0.3 is 10.5 Å². The van der Waals surface area contributed by atoms with Crippen molar-refractivity contribution in [1.82, 2.24) is 4.98 Å². The van der Waals surface area contributed by atoms with Gasteiger partial charge in [0, 0.05) is 12.6 Å². The predicted octanol–water partition coefficient (Wildman–Crippen LogP) is 3.14. The summed E-state index contributed by atoms with van der Waals surface area (Å²) in [6, 6.07) is 0.736. The van der Waals surface area contributed by atoms with Gasteiger partial charge in [-0.05, 0) is 21.5 Å². The quantitative estimate of drug-likeness (QED) is 0.687. The van der Waals surface area contributed by atoms with Gasteiger partial charge >= 0.3 is 6.36 Å². The molecule has 0 aliphatic heterocycles. The maximum absolute atomic E-state index is 12.6. The maximum Gasteiger partial charge on any atom is 0.574 e. The second-order valence-corrected chi connectivity index (χ2v) is 3.63. The number of ether oxygens (including phenoxy) is 1. The zero-order valence-electron chi connectivity index (χ0n) is 8.06. The fourth-order valence-corrected chi connectivity index (χ4v) is 1.72. The highest BCUT2D eigenvalue weighted by atomic mass is 79.9. The van der Waals surface area contributed by atoms with Crippen LogP contribution in [0.25, 0.3) is 0 Å². The number of alkyl halides is 5. The fourth-order valence-electron chi connectivity index (χ4n) is 1.12. The summed E-state index contributed by atoms with van der Waals surface area (Å²) in [4.78, 5) is 3.23. The Morgan fingerprint density at radius 3 is 2.41 bits per heavy atom. The van der Waals surface area contributed by atoms with Gasteiger partial charge in [0.1, 0.15) is 4.60 Å². The van der Waals surface area contributed by atoms with Crippen molar-refractivity contribution in [2.45, 2.75) is 19.3 Å². The van der Waals surface area contributed by atoms with E-state index in [9.17, 15) is 22.0 Å². The molecule has 1 rings (SSSR count). The number of hydrogen-bond acceptors (Lipinski definition) is 3. The Bertz CT molecular complexity index is 410. The molecule has 3 nitrogen and oxygen atoms in total. The lowest BCUT2D eigenvalue weighted by Gasteiger charge is -2.13. The number of halogens is 6. The molecule has 0 amide bonds. The molecule has 2 N–H and O–H groups in total. The molecule has 0 saturated heterocycles. The minimum absolute atomic E-state index is 0.166. The summed E-state index contributed by atoms with van der Waals surface area (Å²) in [5, 5.41) is 0. The first-order chi connectivity index (χ1) is 7.74. The molecule has 17 heavy (non-hydrogen) atoms. The first kappa shape index (κ1) is 14.1. The third-order valence-corrected chi connectivity index (χ3v) is 2.34. The van der Waals surface area contributed by atoms with E-state index in [1.807, 2.05) is 0 Å². The molecule has 1 aromatic heterocycles. The van der Waals surface area contributed by atoms with Crippen molar-refractivity contribution in [2.75, 3.05) is 0 Å². The van der Waals surface area contributed by atoms with E-state index in [2.05, 4.69) is 25.7 Å². The molecule has 96 valence electrons. The zero-order valence-corrected chi connectivity index (χ0v) is 9.65. The summed E-state index contributed by atoms with van der Waals surface area (Å²) in [6.45, 7) is -0.352. The lowest BCUT2D eigenvalue weighted by atomic mass is 10.1. The molecule has 0 spiro atoms. The summed E-state index contributed by atoms with van der Waals surface area (Å²) in [5.41, 5.74) is 4.47. The number of rotatable bonds is 3. The summed E-state index contributed by atoms with van der Waals surface area (Å²) in [5.74, 6) is -0.839. The van der Waals surface area contributed by atoms with Crippen LogP contribution in [0.1, 0.15) is 17.6 Å². The SMILES string of the molecule is NCc1cc(OC(F)(F)F)nc(Br)c1C(F)F. The Balaban J connectivity index is 3.18. The Labute approximate surface area is 101 Å². The second-order valence-electron chi connectivity index (χ2n) is 2.88. The monoisotopic (exact) mass is 320 g/mol. The molecular weight excluding hydrogens is 315 g/mol.